The van der Waals surface area contributed by atoms with Gasteiger partial charge in [0.25, 0.3) is 0 Å². The van der Waals surface area contributed by atoms with Crippen LogP contribution in [0.5, 0.6) is 5.75 Å². The number of benzene rings is 1. The highest BCUT2D eigenvalue weighted by atomic mass is 16.5. The van der Waals surface area contributed by atoms with E-state index in [0.29, 0.717) is 12.3 Å². The summed E-state index contributed by atoms with van der Waals surface area (Å²) in [5.41, 5.74) is 1.71. The third-order valence-electron chi connectivity index (χ3n) is 2.88. The van der Waals surface area contributed by atoms with Crippen LogP contribution in [0.3, 0.4) is 0 Å². The van der Waals surface area contributed by atoms with E-state index in [0.717, 1.165) is 24.2 Å². The van der Waals surface area contributed by atoms with Crippen molar-refractivity contribution in [3.63, 3.8) is 0 Å². The first-order valence-electron chi connectivity index (χ1n) is 6.36. The van der Waals surface area contributed by atoms with Gasteiger partial charge in [-0.25, -0.2) is 0 Å². The number of anilines is 1. The topological polar surface area (TPSA) is 52.9 Å². The molecule has 0 amide bonds. The van der Waals surface area contributed by atoms with Gasteiger partial charge in [0.1, 0.15) is 5.75 Å². The first-order chi connectivity index (χ1) is 8.65. The van der Waals surface area contributed by atoms with Gasteiger partial charge in [-0.05, 0) is 25.5 Å². The van der Waals surface area contributed by atoms with E-state index in [1.54, 1.807) is 14.0 Å². The Morgan fingerprint density at radius 3 is 2.56 bits per heavy atom. The first kappa shape index (κ1) is 14.8. The number of aliphatic hydroxyl groups is 2. The molecule has 0 radical (unpaired) electrons. The molecule has 2 N–H and O–H groups in total. The van der Waals surface area contributed by atoms with Gasteiger partial charge in [-0.3, -0.25) is 0 Å². The molecular formula is C14H23NO3. The predicted octanol–water partition coefficient (Wildman–Crippen LogP) is 1.96. The summed E-state index contributed by atoms with van der Waals surface area (Å²) < 4.78 is 5.30. The van der Waals surface area contributed by atoms with Crippen LogP contribution in [0.4, 0.5) is 5.69 Å². The molecule has 0 fully saturated rings. The van der Waals surface area contributed by atoms with Crippen molar-refractivity contribution in [2.75, 3.05) is 31.7 Å². The van der Waals surface area contributed by atoms with E-state index in [2.05, 4.69) is 11.8 Å². The summed E-state index contributed by atoms with van der Waals surface area (Å²) in [7, 11) is 1.60. The molecule has 1 aromatic rings. The van der Waals surface area contributed by atoms with Crippen molar-refractivity contribution < 1.29 is 14.9 Å². The first-order valence-corrected chi connectivity index (χ1v) is 6.36. The Kier molecular flexibility index (Phi) is 5.95. The summed E-state index contributed by atoms with van der Waals surface area (Å²) >= 11 is 0. The Bertz CT molecular complexity index is 360. The summed E-state index contributed by atoms with van der Waals surface area (Å²) in [6.45, 7) is 5.31. The lowest BCUT2D eigenvalue weighted by atomic mass is 10.1. The Morgan fingerprint density at radius 2 is 2.06 bits per heavy atom. The fourth-order valence-electron chi connectivity index (χ4n) is 2.15. The summed E-state index contributed by atoms with van der Waals surface area (Å²) in [6.07, 6.45) is 0.380. The number of aliphatic hydroxyl groups excluding tert-OH is 2. The van der Waals surface area contributed by atoms with Crippen LogP contribution in [-0.4, -0.2) is 37.0 Å². The van der Waals surface area contributed by atoms with Gasteiger partial charge in [-0.2, -0.15) is 0 Å². The second-order valence-electron chi connectivity index (χ2n) is 4.28. The lowest BCUT2D eigenvalue weighted by Crippen LogP contribution is -2.28. The van der Waals surface area contributed by atoms with Gasteiger partial charge in [0.2, 0.25) is 0 Å². The maximum absolute atomic E-state index is 9.93. The minimum absolute atomic E-state index is 0.0937. The standard InChI is InChI=1S/C14H23NO3/c1-4-8-15(9-10-16)12-6-5-7-13(18-3)14(12)11(2)17/h5-7,11,16-17H,4,8-10H2,1-3H3/t11-/m0/s1. The fraction of sp³-hybridized carbons (Fsp3) is 0.571. The second-order valence-corrected chi connectivity index (χ2v) is 4.28. The molecule has 0 spiro atoms. The van der Waals surface area contributed by atoms with Gasteiger partial charge in [0.05, 0.1) is 19.8 Å². The molecule has 0 aromatic heterocycles. The molecule has 4 nitrogen and oxygen atoms in total. The zero-order valence-electron chi connectivity index (χ0n) is 11.4. The Labute approximate surface area is 109 Å². The third kappa shape index (κ3) is 3.37. The molecule has 0 aliphatic heterocycles. The van der Waals surface area contributed by atoms with Crippen molar-refractivity contribution in [1.82, 2.24) is 0 Å². The molecule has 0 unspecified atom stereocenters. The van der Waals surface area contributed by atoms with Gasteiger partial charge in [-0.1, -0.05) is 13.0 Å². The molecule has 0 aliphatic carbocycles. The highest BCUT2D eigenvalue weighted by Gasteiger charge is 2.18. The maximum atomic E-state index is 9.93. The van der Waals surface area contributed by atoms with E-state index in [9.17, 15) is 5.11 Å². The Morgan fingerprint density at radius 1 is 1.33 bits per heavy atom. The van der Waals surface area contributed by atoms with Gasteiger partial charge >= 0.3 is 0 Å². The fourth-order valence-corrected chi connectivity index (χ4v) is 2.15. The average molecular weight is 253 g/mol. The van der Waals surface area contributed by atoms with Crippen LogP contribution in [0.25, 0.3) is 0 Å². The lowest BCUT2D eigenvalue weighted by molar-refractivity contribution is 0.194. The van der Waals surface area contributed by atoms with Gasteiger partial charge in [0.15, 0.2) is 0 Å². The van der Waals surface area contributed by atoms with E-state index in [4.69, 9.17) is 9.84 Å². The Hall–Kier alpha value is -1.26. The molecule has 102 valence electrons. The largest absolute Gasteiger partial charge is 0.496 e. The van der Waals surface area contributed by atoms with E-state index < -0.39 is 6.10 Å². The minimum Gasteiger partial charge on any atom is -0.496 e. The highest BCUT2D eigenvalue weighted by Crippen LogP contribution is 2.34. The predicted molar refractivity (Wildman–Crippen MR) is 73.2 cm³/mol. The van der Waals surface area contributed by atoms with Crippen LogP contribution >= 0.6 is 0 Å². The van der Waals surface area contributed by atoms with Crippen LogP contribution in [-0.2, 0) is 0 Å². The van der Waals surface area contributed by atoms with E-state index >= 15 is 0 Å². The van der Waals surface area contributed by atoms with E-state index in [1.165, 1.54) is 0 Å². The molecular weight excluding hydrogens is 230 g/mol. The van der Waals surface area contributed by atoms with E-state index in [1.807, 2.05) is 18.2 Å². The van der Waals surface area contributed by atoms with Crippen molar-refractivity contribution >= 4 is 5.69 Å². The van der Waals surface area contributed by atoms with Crippen LogP contribution in [0.15, 0.2) is 18.2 Å². The lowest BCUT2D eigenvalue weighted by Gasteiger charge is -2.28. The number of ether oxygens (including phenoxy) is 1. The van der Waals surface area contributed by atoms with Crippen molar-refractivity contribution in [1.29, 1.82) is 0 Å². The van der Waals surface area contributed by atoms with Crippen molar-refractivity contribution in [2.45, 2.75) is 26.4 Å². The smallest absolute Gasteiger partial charge is 0.126 e. The normalized spacial score (nSPS) is 12.3. The summed E-state index contributed by atoms with van der Waals surface area (Å²) in [6, 6.07) is 5.70. The molecule has 18 heavy (non-hydrogen) atoms. The molecule has 4 heteroatoms. The number of nitrogens with zero attached hydrogens (tertiary/aromatic N) is 1. The highest BCUT2D eigenvalue weighted by molar-refractivity contribution is 5.60. The SMILES string of the molecule is CCCN(CCO)c1cccc(OC)c1[C@H](C)O. The van der Waals surface area contributed by atoms with Crippen LogP contribution < -0.4 is 9.64 Å². The van der Waals surface area contributed by atoms with Gasteiger partial charge < -0.3 is 19.8 Å². The molecule has 0 aliphatic rings. The number of methoxy groups -OCH3 is 1. The third-order valence-corrected chi connectivity index (χ3v) is 2.88. The van der Waals surface area contributed by atoms with Crippen molar-refractivity contribution in [3.8, 4) is 5.75 Å². The zero-order valence-corrected chi connectivity index (χ0v) is 11.4. The Balaban J connectivity index is 3.18. The van der Waals surface area contributed by atoms with Crippen LogP contribution in [0, 0.1) is 0 Å². The van der Waals surface area contributed by atoms with Crippen molar-refractivity contribution in [3.05, 3.63) is 23.8 Å². The molecule has 1 aromatic carbocycles. The second kappa shape index (κ2) is 7.24. The summed E-state index contributed by atoms with van der Waals surface area (Å²) in [5.74, 6) is 0.682. The maximum Gasteiger partial charge on any atom is 0.126 e. The minimum atomic E-state index is -0.603. The summed E-state index contributed by atoms with van der Waals surface area (Å²) in [4.78, 5) is 2.07. The number of rotatable bonds is 7. The molecule has 1 rings (SSSR count). The molecule has 0 heterocycles. The monoisotopic (exact) mass is 253 g/mol. The number of hydrogen-bond donors (Lipinski definition) is 2. The summed E-state index contributed by atoms with van der Waals surface area (Å²) in [5, 5.41) is 19.1. The van der Waals surface area contributed by atoms with Crippen molar-refractivity contribution in [2.24, 2.45) is 0 Å². The quantitative estimate of drug-likeness (QED) is 0.780. The zero-order chi connectivity index (χ0) is 13.5. The number of hydrogen-bond acceptors (Lipinski definition) is 4. The molecule has 0 saturated heterocycles. The molecule has 1 atom stereocenters. The van der Waals surface area contributed by atoms with Gasteiger partial charge in [-0.15, -0.1) is 0 Å². The van der Waals surface area contributed by atoms with E-state index in [-0.39, 0.29) is 6.61 Å². The average Bonchev–Trinajstić information content (AvgIpc) is 2.37. The van der Waals surface area contributed by atoms with Crippen LogP contribution in [0.1, 0.15) is 31.9 Å². The van der Waals surface area contributed by atoms with Crippen LogP contribution in [0.2, 0.25) is 0 Å². The van der Waals surface area contributed by atoms with Gasteiger partial charge in [0, 0.05) is 24.3 Å². The molecule has 0 bridgehead atoms. The molecule has 0 saturated carbocycles.